The maximum atomic E-state index is 2.69. The van der Waals surface area contributed by atoms with Crippen LogP contribution in [-0.4, -0.2) is 19.4 Å². The predicted molar refractivity (Wildman–Crippen MR) is 150 cm³/mol. The van der Waals surface area contributed by atoms with Gasteiger partial charge in [-0.3, -0.25) is 0 Å². The van der Waals surface area contributed by atoms with Crippen molar-refractivity contribution in [3.05, 3.63) is 69.0 Å². The van der Waals surface area contributed by atoms with E-state index in [1.165, 1.54) is 38.5 Å². The van der Waals surface area contributed by atoms with Gasteiger partial charge in [-0.15, -0.1) is 0 Å². The van der Waals surface area contributed by atoms with Crippen LogP contribution in [0.2, 0.25) is 39.3 Å². The molecule has 3 aliphatic carbocycles. The van der Waals surface area contributed by atoms with Crippen LogP contribution in [0, 0.1) is 0 Å². The Morgan fingerprint density at radius 2 is 1.23 bits per heavy atom. The van der Waals surface area contributed by atoms with E-state index in [2.05, 4.69) is 93.9 Å². The summed E-state index contributed by atoms with van der Waals surface area (Å²) in [5.41, 5.74) is 6.52. The molecule has 0 aromatic heterocycles. The minimum atomic E-state index is -2.07. The first-order valence-corrected chi connectivity index (χ1v) is 23.9. The molecule has 2 aromatic carbocycles. The number of benzene rings is 2. The second kappa shape index (κ2) is 11.2. The number of rotatable bonds is 4. The van der Waals surface area contributed by atoms with Crippen molar-refractivity contribution in [2.45, 2.75) is 81.4 Å². The van der Waals surface area contributed by atoms with E-state index in [0.717, 1.165) is 0 Å². The zero-order valence-corrected chi connectivity index (χ0v) is 28.2. The van der Waals surface area contributed by atoms with Gasteiger partial charge in [-0.25, -0.2) is 0 Å². The average Bonchev–Trinajstić information content (AvgIpc) is 3.40. The molecule has 0 spiro atoms. The Bertz CT molecular complexity index is 1120. The summed E-state index contributed by atoms with van der Waals surface area (Å²) in [6.45, 7) is 15.0. The molecule has 3 aliphatic rings. The minimum Gasteiger partial charge on any atom is -1.00 e. The van der Waals surface area contributed by atoms with Crippen LogP contribution in [0.4, 0.5) is 0 Å². The quantitative estimate of drug-likeness (QED) is 0.456. The van der Waals surface area contributed by atoms with Gasteiger partial charge in [0.2, 0.25) is 0 Å². The van der Waals surface area contributed by atoms with E-state index in [1.807, 2.05) is 6.49 Å². The third-order valence-corrected chi connectivity index (χ3v) is 20.7. The van der Waals surface area contributed by atoms with E-state index in [1.54, 1.807) is 32.6 Å². The molecule has 0 saturated heterocycles. The van der Waals surface area contributed by atoms with Crippen molar-refractivity contribution < 1.29 is 46.1 Å². The fourth-order valence-corrected chi connectivity index (χ4v) is 17.8. The van der Waals surface area contributed by atoms with Crippen molar-refractivity contribution in [2.75, 3.05) is 0 Å². The van der Waals surface area contributed by atoms with Crippen LogP contribution in [0.15, 0.2) is 57.9 Å². The van der Waals surface area contributed by atoms with E-state index >= 15 is 0 Å². The van der Waals surface area contributed by atoms with Gasteiger partial charge in [-0.1, -0.05) is 0 Å². The molecule has 0 bridgehead atoms. The zero-order valence-electron chi connectivity index (χ0n) is 22.3. The Balaban J connectivity index is 0.00000171. The van der Waals surface area contributed by atoms with Gasteiger partial charge in [0.1, 0.15) is 0 Å². The van der Waals surface area contributed by atoms with Crippen LogP contribution in [0.5, 0.6) is 0 Å². The molecule has 0 nitrogen and oxygen atoms in total. The van der Waals surface area contributed by atoms with Crippen molar-refractivity contribution in [1.82, 2.24) is 0 Å². The van der Waals surface area contributed by atoms with Gasteiger partial charge >= 0.3 is 213 Å². The molecule has 35 heavy (non-hydrogen) atoms. The largest absolute Gasteiger partial charge is 1.00 e. The summed E-state index contributed by atoms with van der Waals surface area (Å²) in [4.78, 5) is 0. The number of hydrogen-bond donors (Lipinski definition) is 0. The molecule has 0 amide bonds. The number of halogens is 2. The molecule has 1 saturated carbocycles. The Kier molecular flexibility index (Phi) is 9.36. The molecule has 5 heteroatoms. The molecule has 1 fully saturated rings. The summed E-state index contributed by atoms with van der Waals surface area (Å²) in [7, 11) is -2.72. The molecule has 0 aliphatic heterocycles. The zero-order chi connectivity index (χ0) is 23.4. The monoisotopic (exact) mass is 616 g/mol. The summed E-state index contributed by atoms with van der Waals surface area (Å²) in [6, 6.07) is 15.3. The van der Waals surface area contributed by atoms with Crippen molar-refractivity contribution in [3.63, 3.8) is 0 Å². The smallest absolute Gasteiger partial charge is 1.00 e. The molecule has 0 N–H and O–H groups in total. The molecular weight excluding hydrogens is 579 g/mol. The average molecular weight is 619 g/mol. The third kappa shape index (κ3) is 5.75. The number of allylic oxidation sites excluding steroid dienone is 4. The topological polar surface area (TPSA) is 0 Å². The van der Waals surface area contributed by atoms with Crippen LogP contribution in [0.1, 0.15) is 53.3 Å². The molecular formula is C30H40Cl2Si2Zr. The Morgan fingerprint density at radius 3 is 1.66 bits per heavy atom. The van der Waals surface area contributed by atoms with E-state index in [-0.39, 0.29) is 24.8 Å². The molecule has 0 atom stereocenters. The van der Waals surface area contributed by atoms with Crippen LogP contribution < -0.4 is 35.2 Å². The first-order chi connectivity index (χ1) is 15.6. The Labute approximate surface area is 235 Å². The summed E-state index contributed by atoms with van der Waals surface area (Å²) >= 11 is -2.07. The maximum Gasteiger partial charge on any atom is -1.00 e. The van der Waals surface area contributed by atoms with Gasteiger partial charge in [-0.05, 0) is 0 Å². The SMILES string of the molecule is C[Si](C)(C)c1ccc2c(c1)[CH]([Zr+2]([C]1=CC=CC1)=[C]1CCCCC1)c1cc([Si](C)(C)C)ccc1-2.[Cl-].[Cl-]. The number of fused-ring (bicyclic) bond motifs is 3. The van der Waals surface area contributed by atoms with E-state index < -0.39 is 37.4 Å². The van der Waals surface area contributed by atoms with Crippen LogP contribution in [-0.2, 0) is 21.3 Å². The van der Waals surface area contributed by atoms with Crippen molar-refractivity contribution in [2.24, 2.45) is 0 Å². The Morgan fingerprint density at radius 1 is 0.714 bits per heavy atom. The predicted octanol–water partition coefficient (Wildman–Crippen LogP) is 1.45. The minimum absolute atomic E-state index is 0. The second-order valence-corrected chi connectivity index (χ2v) is 29.4. The van der Waals surface area contributed by atoms with Crippen molar-refractivity contribution in [1.29, 1.82) is 0 Å². The molecule has 186 valence electrons. The Hall–Kier alpha value is -0.313. The number of hydrogen-bond acceptors (Lipinski definition) is 0. The van der Waals surface area contributed by atoms with Gasteiger partial charge < -0.3 is 24.8 Å². The van der Waals surface area contributed by atoms with Gasteiger partial charge in [0.15, 0.2) is 0 Å². The normalized spacial score (nSPS) is 17.1. The summed E-state index contributed by atoms with van der Waals surface area (Å²) in [5, 5.41) is 3.28. The molecule has 0 unspecified atom stereocenters. The molecule has 5 rings (SSSR count). The summed E-state index contributed by atoms with van der Waals surface area (Å²) in [6.07, 6.45) is 15.7. The van der Waals surface area contributed by atoms with Gasteiger partial charge in [-0.2, -0.15) is 0 Å². The first kappa shape index (κ1) is 29.2. The summed E-state index contributed by atoms with van der Waals surface area (Å²) < 4.78 is 4.57. The first-order valence-electron chi connectivity index (χ1n) is 13.0. The van der Waals surface area contributed by atoms with Gasteiger partial charge in [0.05, 0.1) is 0 Å². The van der Waals surface area contributed by atoms with Gasteiger partial charge in [0.25, 0.3) is 0 Å². The van der Waals surface area contributed by atoms with Crippen LogP contribution in [0.3, 0.4) is 0 Å². The van der Waals surface area contributed by atoms with Gasteiger partial charge in [0, 0.05) is 0 Å². The molecule has 2 aromatic rings. The van der Waals surface area contributed by atoms with E-state index in [4.69, 9.17) is 0 Å². The van der Waals surface area contributed by atoms with E-state index in [0.29, 0.717) is 3.63 Å². The standard InChI is InChI=1S/C19H25Si2.C6H10.C5H5.2ClH.Zr/c1-20(2,3)16-7-9-18-14(12-16)11-15-13-17(21(4,5)6)8-10-19(15)18;1-2-4-6-5-3-1;1-2-4-5-3-1;;;/h7-13H,1-6H3;1-5H2;1-3H,4H2;2*1H;/q;;;;;+2/p-2. The van der Waals surface area contributed by atoms with Crippen molar-refractivity contribution >= 4 is 29.7 Å². The summed E-state index contributed by atoms with van der Waals surface area (Å²) in [5.74, 6) is 0. The van der Waals surface area contributed by atoms with Crippen LogP contribution in [0.25, 0.3) is 11.1 Å². The maximum absolute atomic E-state index is 2.69. The fourth-order valence-electron chi connectivity index (χ4n) is 6.02. The van der Waals surface area contributed by atoms with Crippen molar-refractivity contribution in [3.8, 4) is 11.1 Å². The second-order valence-electron chi connectivity index (χ2n) is 12.4. The van der Waals surface area contributed by atoms with E-state index in [9.17, 15) is 0 Å². The fraction of sp³-hybridized carbons (Fsp3) is 0.433. The van der Waals surface area contributed by atoms with Crippen LogP contribution >= 0.6 is 0 Å². The molecule has 0 radical (unpaired) electrons. The third-order valence-electron chi connectivity index (χ3n) is 7.99. The molecule has 0 heterocycles.